The first-order chi connectivity index (χ1) is 13.9. The van der Waals surface area contributed by atoms with E-state index < -0.39 is 0 Å². The van der Waals surface area contributed by atoms with E-state index >= 15 is 0 Å². The van der Waals surface area contributed by atoms with E-state index in [1.54, 1.807) is 12.1 Å². The molecular weight excluding hydrogens is 387 g/mol. The topological polar surface area (TPSA) is 58.2 Å². The molecule has 0 aliphatic carbocycles. The Bertz CT molecular complexity index is 1040. The highest BCUT2D eigenvalue weighted by atomic mass is 32.2. The molecule has 6 heteroatoms. The van der Waals surface area contributed by atoms with Crippen LogP contribution in [0.5, 0.6) is 0 Å². The second kappa shape index (κ2) is 9.39. The summed E-state index contributed by atoms with van der Waals surface area (Å²) in [5.74, 6) is -0.682. The first-order valence-corrected chi connectivity index (χ1v) is 10.1. The fourth-order valence-corrected chi connectivity index (χ4v) is 3.56. The third-order valence-corrected chi connectivity index (χ3v) is 5.33. The molecule has 0 radical (unpaired) electrons. The fourth-order valence-electron chi connectivity index (χ4n) is 2.71. The summed E-state index contributed by atoms with van der Waals surface area (Å²) < 4.78 is 13.0. The molecule has 0 fully saturated rings. The Kier molecular flexibility index (Phi) is 6.67. The number of nitrogens with one attached hydrogen (secondary N) is 2. The van der Waals surface area contributed by atoms with Crippen molar-refractivity contribution in [1.29, 1.82) is 0 Å². The van der Waals surface area contributed by atoms with E-state index in [0.29, 0.717) is 16.1 Å². The van der Waals surface area contributed by atoms with Gasteiger partial charge >= 0.3 is 0 Å². The van der Waals surface area contributed by atoms with Crippen molar-refractivity contribution in [3.05, 3.63) is 89.2 Å². The maximum Gasteiger partial charge on any atom is 0.256 e. The molecule has 0 spiro atoms. The van der Waals surface area contributed by atoms with Crippen LogP contribution >= 0.6 is 11.8 Å². The molecule has 3 rings (SSSR count). The quantitative estimate of drug-likeness (QED) is 0.535. The van der Waals surface area contributed by atoms with Gasteiger partial charge in [0.2, 0.25) is 5.91 Å². The van der Waals surface area contributed by atoms with Gasteiger partial charge in [-0.25, -0.2) is 4.39 Å². The van der Waals surface area contributed by atoms with E-state index in [4.69, 9.17) is 0 Å². The molecule has 3 aromatic carbocycles. The van der Waals surface area contributed by atoms with Gasteiger partial charge in [0.25, 0.3) is 5.91 Å². The third kappa shape index (κ3) is 5.68. The minimum Gasteiger partial charge on any atom is -0.325 e. The van der Waals surface area contributed by atoms with Crippen molar-refractivity contribution in [2.45, 2.75) is 18.7 Å². The molecular formula is C23H21FN2O2S. The van der Waals surface area contributed by atoms with E-state index in [0.717, 1.165) is 16.8 Å². The van der Waals surface area contributed by atoms with Crippen molar-refractivity contribution in [3.63, 3.8) is 0 Å². The van der Waals surface area contributed by atoms with Crippen LogP contribution in [0.15, 0.2) is 71.6 Å². The third-order valence-electron chi connectivity index (χ3n) is 4.26. The number of thioether (sulfide) groups is 1. The first kappa shape index (κ1) is 20.6. The van der Waals surface area contributed by atoms with Crippen LogP contribution < -0.4 is 10.6 Å². The Balaban J connectivity index is 1.66. The highest BCUT2D eigenvalue weighted by Crippen LogP contribution is 2.25. The SMILES string of the molecule is Cc1ccc(C)c(NC(=O)c2ccccc2SCC(=O)Nc2ccc(F)cc2)c1. The number of anilines is 2. The Hall–Kier alpha value is -3.12. The number of hydrogen-bond acceptors (Lipinski definition) is 3. The van der Waals surface area contributed by atoms with Gasteiger partial charge in [-0.15, -0.1) is 11.8 Å². The summed E-state index contributed by atoms with van der Waals surface area (Å²) in [5.41, 5.74) is 3.84. The van der Waals surface area contributed by atoms with Gasteiger partial charge in [0.05, 0.1) is 11.3 Å². The molecule has 29 heavy (non-hydrogen) atoms. The predicted octanol–water partition coefficient (Wildman–Crippen LogP) is 5.43. The van der Waals surface area contributed by atoms with Gasteiger partial charge in [0.1, 0.15) is 5.82 Å². The number of hydrogen-bond donors (Lipinski definition) is 2. The van der Waals surface area contributed by atoms with Crippen LogP contribution in [-0.4, -0.2) is 17.6 Å². The Morgan fingerprint density at radius 2 is 1.66 bits per heavy atom. The minimum absolute atomic E-state index is 0.130. The lowest BCUT2D eigenvalue weighted by atomic mass is 10.1. The lowest BCUT2D eigenvalue weighted by Crippen LogP contribution is -2.16. The summed E-state index contributed by atoms with van der Waals surface area (Å²) in [7, 11) is 0. The molecule has 0 aromatic heterocycles. The van der Waals surface area contributed by atoms with Gasteiger partial charge < -0.3 is 10.6 Å². The zero-order valence-corrected chi connectivity index (χ0v) is 17.0. The molecule has 0 saturated heterocycles. The number of carbonyl (C=O) groups excluding carboxylic acids is 2. The molecule has 0 atom stereocenters. The molecule has 2 amide bonds. The van der Waals surface area contributed by atoms with Crippen molar-refractivity contribution >= 4 is 35.0 Å². The lowest BCUT2D eigenvalue weighted by molar-refractivity contribution is -0.113. The van der Waals surface area contributed by atoms with Gasteiger partial charge in [-0.3, -0.25) is 9.59 Å². The summed E-state index contributed by atoms with van der Waals surface area (Å²) >= 11 is 1.28. The van der Waals surface area contributed by atoms with Gasteiger partial charge in [-0.05, 0) is 67.4 Å². The molecule has 0 aliphatic heterocycles. The molecule has 148 valence electrons. The maximum absolute atomic E-state index is 13.0. The van der Waals surface area contributed by atoms with Crippen LogP contribution in [0.3, 0.4) is 0 Å². The zero-order chi connectivity index (χ0) is 20.8. The summed E-state index contributed by atoms with van der Waals surface area (Å²) in [5, 5.41) is 5.67. The van der Waals surface area contributed by atoms with Crippen LogP contribution in [0, 0.1) is 19.7 Å². The smallest absolute Gasteiger partial charge is 0.256 e. The number of rotatable bonds is 6. The van der Waals surface area contributed by atoms with Crippen LogP contribution in [-0.2, 0) is 4.79 Å². The number of carbonyl (C=O) groups is 2. The standard InChI is InChI=1S/C23H21FN2O2S/c1-15-7-8-16(2)20(13-15)26-23(28)19-5-3-4-6-21(19)29-14-22(27)25-18-11-9-17(24)10-12-18/h3-13H,14H2,1-2H3,(H,25,27)(H,26,28). The molecule has 0 heterocycles. The van der Waals surface area contributed by atoms with Crippen LogP contribution in [0.2, 0.25) is 0 Å². The molecule has 3 aromatic rings. The van der Waals surface area contributed by atoms with Gasteiger partial charge in [-0.2, -0.15) is 0 Å². The van der Waals surface area contributed by atoms with Crippen molar-refractivity contribution in [1.82, 2.24) is 0 Å². The highest BCUT2D eigenvalue weighted by molar-refractivity contribution is 8.00. The van der Waals surface area contributed by atoms with E-state index in [1.165, 1.54) is 36.0 Å². The molecule has 4 nitrogen and oxygen atoms in total. The van der Waals surface area contributed by atoms with E-state index in [1.807, 2.05) is 44.2 Å². The van der Waals surface area contributed by atoms with Gasteiger partial charge in [0.15, 0.2) is 0 Å². The van der Waals surface area contributed by atoms with Crippen molar-refractivity contribution in [2.24, 2.45) is 0 Å². The number of amides is 2. The Morgan fingerprint density at radius 1 is 0.931 bits per heavy atom. The second-order valence-electron chi connectivity index (χ2n) is 6.61. The molecule has 0 unspecified atom stereocenters. The summed E-state index contributed by atoms with van der Waals surface area (Å²) in [4.78, 5) is 25.7. The number of aryl methyl sites for hydroxylation is 2. The lowest BCUT2D eigenvalue weighted by Gasteiger charge is -2.12. The average molecular weight is 408 g/mol. The van der Waals surface area contributed by atoms with Gasteiger partial charge in [0, 0.05) is 16.3 Å². The molecule has 0 saturated carbocycles. The van der Waals surface area contributed by atoms with Gasteiger partial charge in [-0.1, -0.05) is 24.3 Å². The zero-order valence-electron chi connectivity index (χ0n) is 16.2. The minimum atomic E-state index is -0.360. The largest absolute Gasteiger partial charge is 0.325 e. The number of halogens is 1. The van der Waals surface area contributed by atoms with Crippen molar-refractivity contribution in [3.8, 4) is 0 Å². The van der Waals surface area contributed by atoms with Crippen LogP contribution in [0.4, 0.5) is 15.8 Å². The first-order valence-electron chi connectivity index (χ1n) is 9.08. The highest BCUT2D eigenvalue weighted by Gasteiger charge is 2.14. The number of benzene rings is 3. The summed E-state index contributed by atoms with van der Waals surface area (Å²) in [6, 6.07) is 18.6. The van der Waals surface area contributed by atoms with E-state index in [2.05, 4.69) is 10.6 Å². The second-order valence-corrected chi connectivity index (χ2v) is 7.63. The Labute approximate surface area is 173 Å². The van der Waals surface area contributed by atoms with Crippen LogP contribution in [0.25, 0.3) is 0 Å². The predicted molar refractivity (Wildman–Crippen MR) is 116 cm³/mol. The van der Waals surface area contributed by atoms with Crippen molar-refractivity contribution in [2.75, 3.05) is 16.4 Å². The van der Waals surface area contributed by atoms with E-state index in [9.17, 15) is 14.0 Å². The Morgan fingerprint density at radius 3 is 2.41 bits per heavy atom. The van der Waals surface area contributed by atoms with Crippen molar-refractivity contribution < 1.29 is 14.0 Å². The monoisotopic (exact) mass is 408 g/mol. The average Bonchev–Trinajstić information content (AvgIpc) is 2.71. The van der Waals surface area contributed by atoms with Crippen LogP contribution in [0.1, 0.15) is 21.5 Å². The molecule has 0 bridgehead atoms. The van der Waals surface area contributed by atoms with E-state index in [-0.39, 0.29) is 23.4 Å². The molecule has 0 aliphatic rings. The fraction of sp³-hybridized carbons (Fsp3) is 0.130. The summed E-state index contributed by atoms with van der Waals surface area (Å²) in [6.45, 7) is 3.91. The summed E-state index contributed by atoms with van der Waals surface area (Å²) in [6.07, 6.45) is 0. The maximum atomic E-state index is 13.0. The molecule has 2 N–H and O–H groups in total. The normalized spacial score (nSPS) is 10.4.